The average molecular weight is 247 g/mol. The van der Waals surface area contributed by atoms with Crippen LogP contribution >= 0.6 is 0 Å². The van der Waals surface area contributed by atoms with Gasteiger partial charge in [-0.25, -0.2) is 8.42 Å². The van der Waals surface area contributed by atoms with Crippen molar-refractivity contribution in [1.82, 2.24) is 5.32 Å². The van der Waals surface area contributed by atoms with Gasteiger partial charge in [-0.15, -0.1) is 0 Å². The van der Waals surface area contributed by atoms with E-state index in [1.165, 1.54) is 0 Å². The maximum absolute atomic E-state index is 11.6. The summed E-state index contributed by atoms with van der Waals surface area (Å²) in [7, 11) is -2.89. The molecular weight excluding hydrogens is 226 g/mol. The Bertz CT molecular complexity index is 352. The Morgan fingerprint density at radius 1 is 1.50 bits per heavy atom. The molecule has 4 nitrogen and oxygen atoms in total. The molecule has 0 amide bonds. The summed E-state index contributed by atoms with van der Waals surface area (Å²) < 4.78 is 29.1. The molecule has 0 aromatic rings. The zero-order chi connectivity index (χ0) is 11.8. The Morgan fingerprint density at radius 2 is 2.25 bits per heavy atom. The molecule has 2 heterocycles. The van der Waals surface area contributed by atoms with Crippen LogP contribution in [0.4, 0.5) is 0 Å². The molecule has 1 N–H and O–H groups in total. The smallest absolute Gasteiger partial charge is 0.153 e. The summed E-state index contributed by atoms with van der Waals surface area (Å²) in [5.41, 5.74) is -0.443. The molecule has 0 aromatic heterocycles. The largest absolute Gasteiger partial charge is 0.371 e. The molecule has 0 radical (unpaired) electrons. The normalized spacial score (nSPS) is 38.3. The van der Waals surface area contributed by atoms with E-state index in [0.29, 0.717) is 18.9 Å². The first kappa shape index (κ1) is 12.3. The lowest BCUT2D eigenvalue weighted by Crippen LogP contribution is -2.59. The van der Waals surface area contributed by atoms with Crippen LogP contribution in [0, 0.1) is 5.92 Å². The van der Waals surface area contributed by atoms with Crippen molar-refractivity contribution < 1.29 is 13.2 Å². The van der Waals surface area contributed by atoms with Gasteiger partial charge in [-0.1, -0.05) is 13.8 Å². The van der Waals surface area contributed by atoms with E-state index in [4.69, 9.17) is 4.74 Å². The van der Waals surface area contributed by atoms with Crippen LogP contribution < -0.4 is 5.32 Å². The lowest BCUT2D eigenvalue weighted by Gasteiger charge is -2.42. The first-order chi connectivity index (χ1) is 7.44. The van der Waals surface area contributed by atoms with Crippen LogP contribution in [0.2, 0.25) is 0 Å². The summed E-state index contributed by atoms with van der Waals surface area (Å²) in [5.74, 6) is 1.03. The fourth-order valence-electron chi connectivity index (χ4n) is 2.78. The molecule has 2 unspecified atom stereocenters. The molecule has 2 aliphatic heterocycles. The third kappa shape index (κ3) is 2.41. The number of morpholine rings is 1. The Hall–Kier alpha value is -0.130. The van der Waals surface area contributed by atoms with Gasteiger partial charge in [0.1, 0.15) is 0 Å². The lowest BCUT2D eigenvalue weighted by atomic mass is 9.86. The fourth-order valence-corrected chi connectivity index (χ4v) is 4.75. The highest BCUT2D eigenvalue weighted by Crippen LogP contribution is 2.34. The van der Waals surface area contributed by atoms with Crippen molar-refractivity contribution in [1.29, 1.82) is 0 Å². The second kappa shape index (κ2) is 4.27. The molecule has 2 fully saturated rings. The second-order valence-electron chi connectivity index (χ2n) is 5.39. The van der Waals surface area contributed by atoms with Gasteiger partial charge in [-0.3, -0.25) is 0 Å². The number of ether oxygens (including phenoxy) is 1. The Balaban J connectivity index is 2.16. The van der Waals surface area contributed by atoms with Crippen LogP contribution in [-0.4, -0.2) is 44.7 Å². The first-order valence-corrected chi connectivity index (χ1v) is 7.83. The van der Waals surface area contributed by atoms with Gasteiger partial charge in [0.2, 0.25) is 0 Å². The summed E-state index contributed by atoms with van der Waals surface area (Å²) in [6.45, 7) is 5.78. The Kier molecular flexibility index (Phi) is 3.29. The zero-order valence-corrected chi connectivity index (χ0v) is 10.8. The monoisotopic (exact) mass is 247 g/mol. The topological polar surface area (TPSA) is 55.4 Å². The maximum Gasteiger partial charge on any atom is 0.153 e. The highest BCUT2D eigenvalue weighted by atomic mass is 32.2. The van der Waals surface area contributed by atoms with Gasteiger partial charge in [-0.2, -0.15) is 0 Å². The Morgan fingerprint density at radius 3 is 2.81 bits per heavy atom. The molecular formula is C11H21NO3S. The number of hydrogen-bond donors (Lipinski definition) is 1. The minimum absolute atomic E-state index is 0.193. The predicted molar refractivity (Wildman–Crippen MR) is 63.2 cm³/mol. The first-order valence-electron chi connectivity index (χ1n) is 6.01. The van der Waals surface area contributed by atoms with E-state index in [1.54, 1.807) is 0 Å². The van der Waals surface area contributed by atoms with Gasteiger partial charge in [0, 0.05) is 12.6 Å². The summed E-state index contributed by atoms with van der Waals surface area (Å²) in [4.78, 5) is 0. The summed E-state index contributed by atoms with van der Waals surface area (Å²) >= 11 is 0. The van der Waals surface area contributed by atoms with Crippen molar-refractivity contribution in [3.8, 4) is 0 Å². The summed E-state index contributed by atoms with van der Waals surface area (Å²) in [5, 5.41) is 3.43. The third-order valence-corrected chi connectivity index (χ3v) is 5.28. The van der Waals surface area contributed by atoms with Gasteiger partial charge in [0.25, 0.3) is 0 Å². The molecule has 5 heteroatoms. The van der Waals surface area contributed by atoms with Crippen molar-refractivity contribution in [3.63, 3.8) is 0 Å². The molecule has 2 atom stereocenters. The minimum Gasteiger partial charge on any atom is -0.371 e. The molecule has 0 aliphatic carbocycles. The van der Waals surface area contributed by atoms with Crippen molar-refractivity contribution >= 4 is 9.84 Å². The van der Waals surface area contributed by atoms with Crippen LogP contribution in [0.1, 0.15) is 26.7 Å². The van der Waals surface area contributed by atoms with E-state index in [1.807, 2.05) is 0 Å². The van der Waals surface area contributed by atoms with Crippen molar-refractivity contribution in [2.24, 2.45) is 5.92 Å². The van der Waals surface area contributed by atoms with Crippen LogP contribution in [-0.2, 0) is 14.6 Å². The van der Waals surface area contributed by atoms with E-state index >= 15 is 0 Å². The molecule has 94 valence electrons. The number of nitrogens with one attached hydrogen (secondary N) is 1. The zero-order valence-electron chi connectivity index (χ0n) is 10.0. The molecule has 0 saturated carbocycles. The van der Waals surface area contributed by atoms with E-state index in [2.05, 4.69) is 19.2 Å². The highest BCUT2D eigenvalue weighted by Gasteiger charge is 2.50. The second-order valence-corrected chi connectivity index (χ2v) is 7.58. The van der Waals surface area contributed by atoms with E-state index in [0.717, 1.165) is 13.0 Å². The average Bonchev–Trinajstić information content (AvgIpc) is 2.47. The molecule has 1 spiro atoms. The standard InChI is InChI=1S/C11H21NO3S/c1-9(2)7-10-11(15-5-4-12-10)3-6-16(13,14)8-11/h9-10,12H,3-8H2,1-2H3. The number of hydrogen-bond acceptors (Lipinski definition) is 4. The van der Waals surface area contributed by atoms with E-state index < -0.39 is 15.4 Å². The minimum atomic E-state index is -2.89. The predicted octanol–water partition coefficient (Wildman–Crippen LogP) is 0.578. The molecule has 2 rings (SSSR count). The summed E-state index contributed by atoms with van der Waals surface area (Å²) in [6.07, 6.45) is 1.63. The van der Waals surface area contributed by atoms with Crippen LogP contribution in [0.3, 0.4) is 0 Å². The van der Waals surface area contributed by atoms with E-state index in [-0.39, 0.29) is 17.5 Å². The Labute approximate surface area is 97.7 Å². The van der Waals surface area contributed by atoms with Crippen LogP contribution in [0.15, 0.2) is 0 Å². The lowest BCUT2D eigenvalue weighted by molar-refractivity contribution is -0.0828. The summed E-state index contributed by atoms with van der Waals surface area (Å²) in [6, 6.07) is 0.193. The van der Waals surface area contributed by atoms with Crippen molar-refractivity contribution in [2.75, 3.05) is 24.7 Å². The third-order valence-electron chi connectivity index (χ3n) is 3.52. The van der Waals surface area contributed by atoms with E-state index in [9.17, 15) is 8.42 Å². The van der Waals surface area contributed by atoms with Crippen molar-refractivity contribution in [3.05, 3.63) is 0 Å². The van der Waals surface area contributed by atoms with Crippen LogP contribution in [0.25, 0.3) is 0 Å². The quantitative estimate of drug-likeness (QED) is 0.775. The van der Waals surface area contributed by atoms with Gasteiger partial charge in [0.15, 0.2) is 9.84 Å². The SMILES string of the molecule is CC(C)CC1NCCOC12CCS(=O)(=O)C2. The van der Waals surface area contributed by atoms with Crippen molar-refractivity contribution in [2.45, 2.75) is 38.3 Å². The number of sulfone groups is 1. The molecule has 0 bridgehead atoms. The van der Waals surface area contributed by atoms with Crippen LogP contribution in [0.5, 0.6) is 0 Å². The molecule has 16 heavy (non-hydrogen) atoms. The number of rotatable bonds is 2. The maximum atomic E-state index is 11.6. The van der Waals surface area contributed by atoms with Gasteiger partial charge < -0.3 is 10.1 Å². The molecule has 2 saturated heterocycles. The highest BCUT2D eigenvalue weighted by molar-refractivity contribution is 7.91. The van der Waals surface area contributed by atoms with Gasteiger partial charge in [-0.05, 0) is 18.8 Å². The fraction of sp³-hybridized carbons (Fsp3) is 1.00. The molecule has 2 aliphatic rings. The van der Waals surface area contributed by atoms with Gasteiger partial charge >= 0.3 is 0 Å². The molecule has 0 aromatic carbocycles. The van der Waals surface area contributed by atoms with Gasteiger partial charge in [0.05, 0.1) is 23.7 Å².